The normalized spacial score (nSPS) is 20.8. The second-order valence-electron chi connectivity index (χ2n) is 9.14. The molecule has 1 aliphatic carbocycles. The Morgan fingerprint density at radius 3 is 2.67 bits per heavy atom. The number of nitrogens with one attached hydrogen (secondary N) is 1. The lowest BCUT2D eigenvalue weighted by Crippen LogP contribution is -2.35. The molecule has 0 saturated carbocycles. The van der Waals surface area contributed by atoms with Crippen molar-refractivity contribution >= 4 is 22.6 Å². The second kappa shape index (κ2) is 5.38. The Kier molecular flexibility index (Phi) is 3.27. The third-order valence-corrected chi connectivity index (χ3v) is 5.75. The molecule has 0 radical (unpaired) electrons. The van der Waals surface area contributed by atoms with Crippen LogP contribution in [0.1, 0.15) is 43.2 Å². The Labute approximate surface area is 159 Å². The summed E-state index contributed by atoms with van der Waals surface area (Å²) >= 11 is 0. The van der Waals surface area contributed by atoms with Gasteiger partial charge in [0.25, 0.3) is 0 Å². The zero-order chi connectivity index (χ0) is 18.8. The second-order valence-corrected chi connectivity index (χ2v) is 9.14. The molecule has 1 unspecified atom stereocenters. The third kappa shape index (κ3) is 2.54. The standard InChI is InChI=1S/C23H23N3O/c1-22(2,3)13-17-7-6-14-9-15-11-23(12-16(15)10-19(14)25-17)18-5-4-8-24-20(18)26-21(23)27/h4-10H,11-13H2,1-3H3,(H,24,26,27). The summed E-state index contributed by atoms with van der Waals surface area (Å²) in [5.74, 6) is 0.781. The summed E-state index contributed by atoms with van der Waals surface area (Å²) < 4.78 is 0. The maximum Gasteiger partial charge on any atom is 0.237 e. The lowest BCUT2D eigenvalue weighted by atomic mass is 9.79. The monoisotopic (exact) mass is 357 g/mol. The molecule has 1 spiro atoms. The molecule has 3 heterocycles. The third-order valence-electron chi connectivity index (χ3n) is 5.75. The molecule has 1 N–H and O–H groups in total. The average molecular weight is 357 g/mol. The van der Waals surface area contributed by atoms with Gasteiger partial charge in [0.2, 0.25) is 5.91 Å². The molecule has 2 aromatic heterocycles. The van der Waals surface area contributed by atoms with Gasteiger partial charge in [-0.25, -0.2) is 4.98 Å². The van der Waals surface area contributed by atoms with Crippen LogP contribution in [0.25, 0.3) is 10.9 Å². The van der Waals surface area contributed by atoms with Crippen LogP contribution in [-0.4, -0.2) is 15.9 Å². The predicted molar refractivity (Wildman–Crippen MR) is 107 cm³/mol. The fraction of sp³-hybridized carbons (Fsp3) is 0.348. The van der Waals surface area contributed by atoms with Crippen LogP contribution in [0, 0.1) is 5.41 Å². The highest BCUT2D eigenvalue weighted by atomic mass is 16.2. The highest BCUT2D eigenvalue weighted by Gasteiger charge is 2.51. The number of rotatable bonds is 1. The molecule has 5 rings (SSSR count). The highest BCUT2D eigenvalue weighted by molar-refractivity contribution is 6.06. The van der Waals surface area contributed by atoms with Crippen LogP contribution >= 0.6 is 0 Å². The van der Waals surface area contributed by atoms with Gasteiger partial charge in [0.1, 0.15) is 5.82 Å². The van der Waals surface area contributed by atoms with Crippen LogP contribution in [0.4, 0.5) is 5.82 Å². The van der Waals surface area contributed by atoms with Crippen molar-refractivity contribution in [3.05, 3.63) is 65.0 Å². The molecule has 4 nitrogen and oxygen atoms in total. The topological polar surface area (TPSA) is 54.9 Å². The SMILES string of the molecule is CC(C)(C)Cc1ccc2cc3c(cc2n1)CC1(C3)C(=O)Nc2ncccc21. The lowest BCUT2D eigenvalue weighted by Gasteiger charge is -2.20. The van der Waals surface area contributed by atoms with Crippen molar-refractivity contribution in [2.24, 2.45) is 5.41 Å². The van der Waals surface area contributed by atoms with Gasteiger partial charge in [0.15, 0.2) is 0 Å². The molecule has 0 bridgehead atoms. The molecule has 1 aromatic carbocycles. The number of carbonyl (C=O) groups is 1. The molecule has 27 heavy (non-hydrogen) atoms. The van der Waals surface area contributed by atoms with E-state index in [4.69, 9.17) is 4.98 Å². The van der Waals surface area contributed by atoms with E-state index >= 15 is 0 Å². The van der Waals surface area contributed by atoms with Crippen LogP contribution in [0.2, 0.25) is 0 Å². The molecule has 1 aliphatic heterocycles. The Morgan fingerprint density at radius 1 is 1.11 bits per heavy atom. The van der Waals surface area contributed by atoms with E-state index < -0.39 is 5.41 Å². The summed E-state index contributed by atoms with van der Waals surface area (Å²) in [7, 11) is 0. The first-order chi connectivity index (χ1) is 12.8. The number of anilines is 1. The quantitative estimate of drug-likeness (QED) is 0.710. The maximum atomic E-state index is 12.9. The molecule has 4 heteroatoms. The summed E-state index contributed by atoms with van der Waals surface area (Å²) in [5, 5.41) is 4.12. The first-order valence-electron chi connectivity index (χ1n) is 9.53. The molecule has 1 atom stereocenters. The highest BCUT2D eigenvalue weighted by Crippen LogP contribution is 2.47. The van der Waals surface area contributed by atoms with Gasteiger partial charge in [-0.05, 0) is 60.1 Å². The zero-order valence-electron chi connectivity index (χ0n) is 16.0. The van der Waals surface area contributed by atoms with E-state index in [1.807, 2.05) is 12.1 Å². The lowest BCUT2D eigenvalue weighted by molar-refractivity contribution is -0.120. The Morgan fingerprint density at radius 2 is 1.89 bits per heavy atom. The van der Waals surface area contributed by atoms with Crippen LogP contribution in [0.5, 0.6) is 0 Å². The van der Waals surface area contributed by atoms with Gasteiger partial charge >= 0.3 is 0 Å². The number of pyridine rings is 2. The van der Waals surface area contributed by atoms with E-state index in [9.17, 15) is 4.79 Å². The van der Waals surface area contributed by atoms with Gasteiger partial charge in [0.05, 0.1) is 10.9 Å². The summed E-state index contributed by atoms with van der Waals surface area (Å²) in [4.78, 5) is 22.1. The van der Waals surface area contributed by atoms with Gasteiger partial charge in [-0.2, -0.15) is 0 Å². The van der Waals surface area contributed by atoms with Crippen molar-refractivity contribution in [2.75, 3.05) is 5.32 Å². The zero-order valence-corrected chi connectivity index (χ0v) is 16.0. The molecule has 1 amide bonds. The summed E-state index contributed by atoms with van der Waals surface area (Å²) in [6.07, 6.45) is 4.13. The van der Waals surface area contributed by atoms with Crippen molar-refractivity contribution in [1.82, 2.24) is 9.97 Å². The van der Waals surface area contributed by atoms with Crippen molar-refractivity contribution in [3.63, 3.8) is 0 Å². The van der Waals surface area contributed by atoms with E-state index in [0.717, 1.165) is 35.0 Å². The number of fused-ring (bicyclic) bond motifs is 4. The fourth-order valence-corrected chi connectivity index (χ4v) is 4.58. The molecule has 0 saturated heterocycles. The minimum Gasteiger partial charge on any atom is -0.310 e. The van der Waals surface area contributed by atoms with Crippen LogP contribution in [0.15, 0.2) is 42.6 Å². The Balaban J connectivity index is 1.58. The number of aromatic nitrogens is 2. The van der Waals surface area contributed by atoms with Gasteiger partial charge in [0, 0.05) is 22.8 Å². The van der Waals surface area contributed by atoms with E-state index in [0.29, 0.717) is 12.2 Å². The number of benzene rings is 1. The fourth-order valence-electron chi connectivity index (χ4n) is 4.58. The average Bonchev–Trinajstić information content (AvgIpc) is 3.10. The van der Waals surface area contributed by atoms with E-state index in [1.54, 1.807) is 6.20 Å². The van der Waals surface area contributed by atoms with Gasteiger partial charge in [-0.3, -0.25) is 9.78 Å². The molecule has 136 valence electrons. The first-order valence-corrected chi connectivity index (χ1v) is 9.53. The smallest absolute Gasteiger partial charge is 0.237 e. The number of nitrogens with zero attached hydrogens (tertiary/aromatic N) is 2. The van der Waals surface area contributed by atoms with Crippen LogP contribution in [0.3, 0.4) is 0 Å². The number of hydrogen-bond acceptors (Lipinski definition) is 3. The minimum atomic E-state index is -0.516. The Hall–Kier alpha value is -2.75. The van der Waals surface area contributed by atoms with Crippen LogP contribution in [-0.2, 0) is 29.5 Å². The number of hydrogen-bond donors (Lipinski definition) is 1. The molecule has 3 aromatic rings. The van der Waals surface area contributed by atoms with Gasteiger partial charge < -0.3 is 5.32 Å². The van der Waals surface area contributed by atoms with E-state index in [-0.39, 0.29) is 11.3 Å². The first kappa shape index (κ1) is 16.4. The van der Waals surface area contributed by atoms with Gasteiger partial charge in [-0.1, -0.05) is 32.9 Å². The van der Waals surface area contributed by atoms with Crippen LogP contribution < -0.4 is 5.32 Å². The van der Waals surface area contributed by atoms with E-state index in [2.05, 4.69) is 55.3 Å². The van der Waals surface area contributed by atoms with Crippen molar-refractivity contribution in [3.8, 4) is 0 Å². The molecule has 0 fully saturated rings. The Bertz CT molecular complexity index is 1100. The summed E-state index contributed by atoms with van der Waals surface area (Å²) in [6, 6.07) is 12.7. The number of amides is 1. The van der Waals surface area contributed by atoms with E-state index in [1.165, 1.54) is 11.1 Å². The van der Waals surface area contributed by atoms with Crippen molar-refractivity contribution in [2.45, 2.75) is 45.4 Å². The predicted octanol–water partition coefficient (Wildman–Crippen LogP) is 4.21. The van der Waals surface area contributed by atoms with Gasteiger partial charge in [-0.15, -0.1) is 0 Å². The van der Waals surface area contributed by atoms with Crippen molar-refractivity contribution in [1.29, 1.82) is 0 Å². The molecular weight excluding hydrogens is 334 g/mol. The minimum absolute atomic E-state index is 0.0674. The van der Waals surface area contributed by atoms with Crippen molar-refractivity contribution < 1.29 is 4.79 Å². The molecule has 2 aliphatic rings. The molecular formula is C23H23N3O. The summed E-state index contributed by atoms with van der Waals surface area (Å²) in [5.41, 5.74) is 5.34. The summed E-state index contributed by atoms with van der Waals surface area (Å²) in [6.45, 7) is 6.69. The number of carbonyl (C=O) groups excluding carboxylic acids is 1. The maximum absolute atomic E-state index is 12.9. The largest absolute Gasteiger partial charge is 0.310 e.